The summed E-state index contributed by atoms with van der Waals surface area (Å²) in [5.41, 5.74) is 2.06. The summed E-state index contributed by atoms with van der Waals surface area (Å²) in [7, 11) is 1.53. The van der Waals surface area contributed by atoms with Gasteiger partial charge >= 0.3 is 6.03 Å². The maximum Gasteiger partial charge on any atom is 0.315 e. The molecule has 0 aliphatic heterocycles. The quantitative estimate of drug-likeness (QED) is 0.724. The van der Waals surface area contributed by atoms with Gasteiger partial charge in [-0.1, -0.05) is 19.9 Å². The minimum absolute atomic E-state index is 0.340. The van der Waals surface area contributed by atoms with Gasteiger partial charge in [-0.15, -0.1) is 0 Å². The molecule has 5 nitrogen and oxygen atoms in total. The van der Waals surface area contributed by atoms with Gasteiger partial charge < -0.3 is 15.7 Å². The van der Waals surface area contributed by atoms with Gasteiger partial charge in [0.1, 0.15) is 0 Å². The molecule has 106 valence electrons. The Labute approximate surface area is 118 Å². The SMILES string of the molecule is CNC(=O)NC1c2cc(C#N)ccc2CC(C)(C)C1O. The summed E-state index contributed by atoms with van der Waals surface area (Å²) < 4.78 is 0. The number of carbonyl (C=O) groups is 1. The van der Waals surface area contributed by atoms with E-state index in [9.17, 15) is 9.90 Å². The molecule has 0 saturated heterocycles. The Balaban J connectivity index is 2.48. The van der Waals surface area contributed by atoms with Crippen LogP contribution in [0.2, 0.25) is 0 Å². The zero-order chi connectivity index (χ0) is 14.9. The molecule has 2 amide bonds. The second-order valence-electron chi connectivity index (χ2n) is 5.84. The third kappa shape index (κ3) is 2.47. The van der Waals surface area contributed by atoms with Gasteiger partial charge in [0, 0.05) is 7.05 Å². The normalized spacial score (nSPS) is 23.4. The summed E-state index contributed by atoms with van der Waals surface area (Å²) in [5.74, 6) is 0. The van der Waals surface area contributed by atoms with Gasteiger partial charge in [-0.25, -0.2) is 4.79 Å². The van der Waals surface area contributed by atoms with Gasteiger partial charge in [-0.2, -0.15) is 5.26 Å². The molecule has 1 aromatic carbocycles. The van der Waals surface area contributed by atoms with Crippen LogP contribution in [0.1, 0.15) is 36.6 Å². The van der Waals surface area contributed by atoms with Crippen LogP contribution in [0.15, 0.2) is 18.2 Å². The van der Waals surface area contributed by atoms with Gasteiger partial charge in [0.25, 0.3) is 0 Å². The number of hydrogen-bond acceptors (Lipinski definition) is 3. The molecule has 5 heteroatoms. The van der Waals surface area contributed by atoms with Crippen LogP contribution in [-0.4, -0.2) is 24.3 Å². The molecule has 1 aliphatic rings. The van der Waals surface area contributed by atoms with Crippen molar-refractivity contribution in [1.82, 2.24) is 10.6 Å². The van der Waals surface area contributed by atoms with Crippen LogP contribution in [-0.2, 0) is 6.42 Å². The number of nitrogens with zero attached hydrogens (tertiary/aromatic N) is 1. The highest BCUT2D eigenvalue weighted by Crippen LogP contribution is 2.41. The van der Waals surface area contributed by atoms with E-state index in [2.05, 4.69) is 16.7 Å². The lowest BCUT2D eigenvalue weighted by Crippen LogP contribution is -2.49. The summed E-state index contributed by atoms with van der Waals surface area (Å²) >= 11 is 0. The van der Waals surface area contributed by atoms with E-state index in [0.717, 1.165) is 11.1 Å². The first kappa shape index (κ1) is 14.4. The summed E-state index contributed by atoms with van der Waals surface area (Å²) in [4.78, 5) is 11.6. The summed E-state index contributed by atoms with van der Waals surface area (Å²) in [6, 6.07) is 6.65. The minimum Gasteiger partial charge on any atom is -0.390 e. The number of benzene rings is 1. The molecule has 20 heavy (non-hydrogen) atoms. The standard InChI is InChI=1S/C15H19N3O2/c1-15(2)7-10-5-4-9(8-16)6-11(10)12(13(15)19)18-14(20)17-3/h4-6,12-13,19H,7H2,1-3H3,(H2,17,18,20). The molecule has 3 N–H and O–H groups in total. The fraction of sp³-hybridized carbons (Fsp3) is 0.467. The monoisotopic (exact) mass is 273 g/mol. The van der Waals surface area contributed by atoms with Gasteiger partial charge in [0.15, 0.2) is 0 Å². The average molecular weight is 273 g/mol. The second-order valence-corrected chi connectivity index (χ2v) is 5.84. The maximum absolute atomic E-state index is 11.6. The van der Waals surface area contributed by atoms with Gasteiger partial charge in [0.05, 0.1) is 23.8 Å². The average Bonchev–Trinajstić information content (AvgIpc) is 2.43. The van der Waals surface area contributed by atoms with Gasteiger partial charge in [0.2, 0.25) is 0 Å². The smallest absolute Gasteiger partial charge is 0.315 e. The lowest BCUT2D eigenvalue weighted by Gasteiger charge is -2.42. The fourth-order valence-corrected chi connectivity index (χ4v) is 2.70. The third-order valence-electron chi connectivity index (χ3n) is 3.89. The van der Waals surface area contributed by atoms with E-state index in [0.29, 0.717) is 12.0 Å². The van der Waals surface area contributed by atoms with Crippen LogP contribution in [0.5, 0.6) is 0 Å². The fourth-order valence-electron chi connectivity index (χ4n) is 2.70. The highest BCUT2D eigenvalue weighted by Gasteiger charge is 2.41. The topological polar surface area (TPSA) is 85.2 Å². The molecular formula is C15H19N3O2. The zero-order valence-electron chi connectivity index (χ0n) is 11.9. The molecule has 1 aromatic rings. The van der Waals surface area contributed by atoms with Crippen LogP contribution in [0.4, 0.5) is 4.79 Å². The maximum atomic E-state index is 11.6. The number of nitrogens with one attached hydrogen (secondary N) is 2. The number of aliphatic hydroxyl groups excluding tert-OH is 1. The largest absolute Gasteiger partial charge is 0.390 e. The number of fused-ring (bicyclic) bond motifs is 1. The Hall–Kier alpha value is -2.06. The van der Waals surface area contributed by atoms with E-state index in [1.807, 2.05) is 19.9 Å². The first-order valence-electron chi connectivity index (χ1n) is 6.58. The molecule has 2 rings (SSSR count). The van der Waals surface area contributed by atoms with Gasteiger partial charge in [-0.05, 0) is 35.1 Å². The molecule has 0 aromatic heterocycles. The van der Waals surface area contributed by atoms with E-state index in [1.54, 1.807) is 12.1 Å². The van der Waals surface area contributed by atoms with Crippen LogP contribution >= 0.6 is 0 Å². The van der Waals surface area contributed by atoms with Crippen LogP contribution in [0, 0.1) is 16.7 Å². The number of carbonyl (C=O) groups excluding carboxylic acids is 1. The van der Waals surface area contributed by atoms with E-state index < -0.39 is 12.1 Å². The number of urea groups is 1. The predicted molar refractivity (Wildman–Crippen MR) is 75.0 cm³/mol. The molecule has 2 atom stereocenters. The Bertz CT molecular complexity index is 575. The first-order chi connectivity index (χ1) is 9.39. The first-order valence-corrected chi connectivity index (χ1v) is 6.58. The molecule has 0 saturated carbocycles. The van der Waals surface area contributed by atoms with E-state index >= 15 is 0 Å². The number of rotatable bonds is 1. The predicted octanol–water partition coefficient (Wildman–Crippen LogP) is 1.47. The lowest BCUT2D eigenvalue weighted by atomic mass is 9.69. The highest BCUT2D eigenvalue weighted by molar-refractivity contribution is 5.74. The molecular weight excluding hydrogens is 254 g/mol. The van der Waals surface area contributed by atoms with Crippen molar-refractivity contribution in [2.24, 2.45) is 5.41 Å². The number of nitriles is 1. The molecule has 1 aliphatic carbocycles. The van der Waals surface area contributed by atoms with E-state index in [4.69, 9.17) is 5.26 Å². The third-order valence-corrected chi connectivity index (χ3v) is 3.89. The van der Waals surface area contributed by atoms with Gasteiger partial charge in [-0.3, -0.25) is 0 Å². The molecule has 0 bridgehead atoms. The Morgan fingerprint density at radius 1 is 1.50 bits per heavy atom. The van der Waals surface area contributed by atoms with Crippen molar-refractivity contribution in [1.29, 1.82) is 5.26 Å². The van der Waals surface area contributed by atoms with Crippen LogP contribution < -0.4 is 10.6 Å². The van der Waals surface area contributed by atoms with E-state index in [1.165, 1.54) is 7.05 Å². The van der Waals surface area contributed by atoms with Crippen molar-refractivity contribution in [2.75, 3.05) is 7.05 Å². The van der Waals surface area contributed by atoms with E-state index in [-0.39, 0.29) is 11.4 Å². The molecule has 0 radical (unpaired) electrons. The van der Waals surface area contributed by atoms with Crippen molar-refractivity contribution in [2.45, 2.75) is 32.4 Å². The molecule has 2 unspecified atom stereocenters. The lowest BCUT2D eigenvalue weighted by molar-refractivity contribution is 0.0111. The van der Waals surface area contributed by atoms with Crippen LogP contribution in [0.3, 0.4) is 0 Å². The second kappa shape index (κ2) is 5.14. The Morgan fingerprint density at radius 2 is 2.20 bits per heavy atom. The Morgan fingerprint density at radius 3 is 2.80 bits per heavy atom. The highest BCUT2D eigenvalue weighted by atomic mass is 16.3. The number of aliphatic hydroxyl groups is 1. The van der Waals surface area contributed by atoms with Crippen molar-refractivity contribution in [3.8, 4) is 6.07 Å². The molecule has 0 fully saturated rings. The van der Waals surface area contributed by atoms with Crippen molar-refractivity contribution >= 4 is 6.03 Å². The zero-order valence-corrected chi connectivity index (χ0v) is 11.9. The minimum atomic E-state index is -0.707. The van der Waals surface area contributed by atoms with Crippen molar-refractivity contribution in [3.05, 3.63) is 34.9 Å². The Kier molecular flexibility index (Phi) is 3.69. The molecule has 0 heterocycles. The molecule has 0 spiro atoms. The summed E-state index contributed by atoms with van der Waals surface area (Å²) in [6.45, 7) is 3.94. The van der Waals surface area contributed by atoms with Crippen LogP contribution in [0.25, 0.3) is 0 Å². The number of hydrogen-bond donors (Lipinski definition) is 3. The van der Waals surface area contributed by atoms with Crippen molar-refractivity contribution in [3.63, 3.8) is 0 Å². The summed E-state index contributed by atoms with van der Waals surface area (Å²) in [5, 5.41) is 24.8. The number of amides is 2. The van der Waals surface area contributed by atoms with Crippen molar-refractivity contribution < 1.29 is 9.90 Å². The summed E-state index contributed by atoms with van der Waals surface area (Å²) in [6.07, 6.45) is 0.00227.